The number of carbonyl (C=O) groups excluding carboxylic acids is 1. The number of carbonyl (C=O) groups is 1. The van der Waals surface area contributed by atoms with Crippen molar-refractivity contribution in [3.8, 4) is 5.75 Å². The van der Waals surface area contributed by atoms with Gasteiger partial charge in [-0.15, -0.1) is 11.3 Å². The van der Waals surface area contributed by atoms with Crippen LogP contribution in [0.1, 0.15) is 10.4 Å². The first-order valence-corrected chi connectivity index (χ1v) is 6.31. The van der Waals surface area contributed by atoms with Gasteiger partial charge in [-0.05, 0) is 23.9 Å². The average Bonchev–Trinajstić information content (AvgIpc) is 2.81. The summed E-state index contributed by atoms with van der Waals surface area (Å²) in [5.41, 5.74) is 1.19. The second kappa shape index (κ2) is 6.11. The van der Waals surface area contributed by atoms with Crippen molar-refractivity contribution in [3.63, 3.8) is 0 Å². The third-order valence-corrected chi connectivity index (χ3v) is 3.34. The second-order valence-electron chi connectivity index (χ2n) is 3.67. The number of rotatable bonds is 5. The molecule has 0 fully saturated rings. The van der Waals surface area contributed by atoms with E-state index in [1.54, 1.807) is 11.3 Å². The van der Waals surface area contributed by atoms with Crippen molar-refractivity contribution < 1.29 is 9.53 Å². The summed E-state index contributed by atoms with van der Waals surface area (Å²) in [4.78, 5) is 20.3. The average molecular weight is 263 g/mol. The molecular formula is C12H13N3O2S. The van der Waals surface area contributed by atoms with Crippen molar-refractivity contribution in [2.75, 3.05) is 6.61 Å². The first kappa shape index (κ1) is 12.5. The second-order valence-corrected chi connectivity index (χ2v) is 4.67. The minimum absolute atomic E-state index is 0.0300. The minimum Gasteiger partial charge on any atom is -0.481 e. The number of nitrogens with zero attached hydrogens (tertiary/aromatic N) is 2. The van der Waals surface area contributed by atoms with Crippen LogP contribution in [0, 0.1) is 6.92 Å². The van der Waals surface area contributed by atoms with Crippen LogP contribution < -0.4 is 10.1 Å². The Morgan fingerprint density at radius 1 is 1.44 bits per heavy atom. The van der Waals surface area contributed by atoms with Gasteiger partial charge >= 0.3 is 0 Å². The van der Waals surface area contributed by atoms with Crippen LogP contribution in [0.15, 0.2) is 30.2 Å². The molecule has 0 aliphatic rings. The number of aromatic nitrogens is 2. The van der Waals surface area contributed by atoms with Gasteiger partial charge in [-0.1, -0.05) is 0 Å². The van der Waals surface area contributed by atoms with Crippen LogP contribution in [0.3, 0.4) is 0 Å². The molecule has 18 heavy (non-hydrogen) atoms. The van der Waals surface area contributed by atoms with Crippen LogP contribution in [0.5, 0.6) is 5.75 Å². The molecule has 0 aliphatic heterocycles. The molecule has 0 bridgehead atoms. The van der Waals surface area contributed by atoms with Crippen LogP contribution in [0.4, 0.5) is 0 Å². The fourth-order valence-corrected chi connectivity index (χ4v) is 2.17. The number of thiophene rings is 1. The maximum Gasteiger partial charge on any atom is 0.258 e. The zero-order chi connectivity index (χ0) is 12.8. The van der Waals surface area contributed by atoms with Gasteiger partial charge in [0.1, 0.15) is 6.33 Å². The molecule has 2 aromatic rings. The van der Waals surface area contributed by atoms with E-state index in [0.717, 1.165) is 4.88 Å². The van der Waals surface area contributed by atoms with Gasteiger partial charge in [0.25, 0.3) is 5.91 Å². The van der Waals surface area contributed by atoms with Crippen molar-refractivity contribution in [2.45, 2.75) is 13.5 Å². The highest BCUT2D eigenvalue weighted by Crippen LogP contribution is 2.14. The highest BCUT2D eigenvalue weighted by Gasteiger charge is 2.05. The highest BCUT2D eigenvalue weighted by molar-refractivity contribution is 7.10. The van der Waals surface area contributed by atoms with Gasteiger partial charge in [0.15, 0.2) is 12.4 Å². The Kier molecular flexibility index (Phi) is 4.25. The van der Waals surface area contributed by atoms with E-state index >= 15 is 0 Å². The van der Waals surface area contributed by atoms with Crippen molar-refractivity contribution in [2.24, 2.45) is 0 Å². The summed E-state index contributed by atoms with van der Waals surface area (Å²) >= 11 is 1.63. The van der Waals surface area contributed by atoms with E-state index < -0.39 is 0 Å². The largest absolute Gasteiger partial charge is 0.481 e. The number of nitrogens with one attached hydrogen (secondary N) is 1. The molecule has 0 saturated heterocycles. The molecule has 5 nitrogen and oxygen atoms in total. The molecule has 0 saturated carbocycles. The van der Waals surface area contributed by atoms with Gasteiger partial charge in [-0.2, -0.15) is 0 Å². The first-order chi connectivity index (χ1) is 8.75. The van der Waals surface area contributed by atoms with Crippen molar-refractivity contribution in [3.05, 3.63) is 40.6 Å². The molecule has 0 radical (unpaired) electrons. The molecule has 2 aromatic heterocycles. The molecule has 0 atom stereocenters. The van der Waals surface area contributed by atoms with Crippen LogP contribution in [-0.4, -0.2) is 22.5 Å². The van der Waals surface area contributed by atoms with Crippen LogP contribution in [-0.2, 0) is 11.3 Å². The van der Waals surface area contributed by atoms with E-state index in [1.807, 2.05) is 18.4 Å². The fourth-order valence-electron chi connectivity index (χ4n) is 1.32. The lowest BCUT2D eigenvalue weighted by molar-refractivity contribution is -0.123. The van der Waals surface area contributed by atoms with Crippen LogP contribution in [0.2, 0.25) is 0 Å². The van der Waals surface area contributed by atoms with Crippen molar-refractivity contribution in [1.29, 1.82) is 0 Å². The number of hydrogen-bond donors (Lipinski definition) is 1. The summed E-state index contributed by atoms with van der Waals surface area (Å²) in [6.45, 7) is 2.53. The molecular weight excluding hydrogens is 250 g/mol. The quantitative estimate of drug-likeness (QED) is 0.888. The first-order valence-electron chi connectivity index (χ1n) is 5.43. The highest BCUT2D eigenvalue weighted by atomic mass is 32.1. The molecule has 0 unspecified atom stereocenters. The van der Waals surface area contributed by atoms with E-state index in [2.05, 4.69) is 15.3 Å². The van der Waals surface area contributed by atoms with E-state index in [-0.39, 0.29) is 12.5 Å². The molecule has 1 N–H and O–H groups in total. The summed E-state index contributed by atoms with van der Waals surface area (Å²) in [7, 11) is 0. The SMILES string of the molecule is Cc1ccsc1CNC(=O)COc1cncnc1. The summed E-state index contributed by atoms with van der Waals surface area (Å²) in [5, 5.41) is 4.81. The van der Waals surface area contributed by atoms with Gasteiger partial charge in [0, 0.05) is 4.88 Å². The predicted molar refractivity (Wildman–Crippen MR) is 68.4 cm³/mol. The molecule has 0 spiro atoms. The normalized spacial score (nSPS) is 10.1. The molecule has 6 heteroatoms. The Hall–Kier alpha value is -1.95. The zero-order valence-corrected chi connectivity index (χ0v) is 10.7. The molecule has 0 aliphatic carbocycles. The van der Waals surface area contributed by atoms with E-state index in [4.69, 9.17) is 4.74 Å². The standard InChI is InChI=1S/C12H13N3O2S/c1-9-2-3-18-11(9)6-15-12(16)7-17-10-4-13-8-14-5-10/h2-5,8H,6-7H2,1H3,(H,15,16). The van der Waals surface area contributed by atoms with Crippen molar-refractivity contribution in [1.82, 2.24) is 15.3 Å². The van der Waals surface area contributed by atoms with E-state index in [9.17, 15) is 4.79 Å². The lowest BCUT2D eigenvalue weighted by Gasteiger charge is -2.06. The smallest absolute Gasteiger partial charge is 0.258 e. The van der Waals surface area contributed by atoms with E-state index in [1.165, 1.54) is 24.3 Å². The number of aryl methyl sites for hydroxylation is 1. The Bertz CT molecular complexity index is 513. The molecule has 2 heterocycles. The molecule has 0 aromatic carbocycles. The lowest BCUT2D eigenvalue weighted by atomic mass is 10.3. The lowest BCUT2D eigenvalue weighted by Crippen LogP contribution is -2.28. The van der Waals surface area contributed by atoms with Gasteiger partial charge in [0.2, 0.25) is 0 Å². The Morgan fingerprint density at radius 2 is 2.22 bits per heavy atom. The Labute approximate surface area is 109 Å². The fraction of sp³-hybridized carbons (Fsp3) is 0.250. The Balaban J connectivity index is 1.75. The molecule has 2 rings (SSSR count). The number of hydrogen-bond acceptors (Lipinski definition) is 5. The zero-order valence-electron chi connectivity index (χ0n) is 9.92. The summed E-state index contributed by atoms with van der Waals surface area (Å²) < 4.78 is 5.23. The topological polar surface area (TPSA) is 64.1 Å². The third kappa shape index (κ3) is 3.53. The maximum absolute atomic E-state index is 11.6. The summed E-state index contributed by atoms with van der Waals surface area (Å²) in [6.07, 6.45) is 4.44. The molecule has 1 amide bonds. The maximum atomic E-state index is 11.6. The number of ether oxygens (including phenoxy) is 1. The van der Waals surface area contributed by atoms with Gasteiger partial charge in [-0.3, -0.25) is 4.79 Å². The van der Waals surface area contributed by atoms with Gasteiger partial charge in [0.05, 0.1) is 18.9 Å². The van der Waals surface area contributed by atoms with Crippen LogP contribution in [0.25, 0.3) is 0 Å². The Morgan fingerprint density at radius 3 is 2.89 bits per heavy atom. The third-order valence-electron chi connectivity index (χ3n) is 2.32. The van der Waals surface area contributed by atoms with Crippen molar-refractivity contribution >= 4 is 17.2 Å². The monoisotopic (exact) mass is 263 g/mol. The van der Waals surface area contributed by atoms with Crippen LogP contribution >= 0.6 is 11.3 Å². The minimum atomic E-state index is -0.161. The number of amides is 1. The predicted octanol–water partition coefficient (Wildman–Crippen LogP) is 1.54. The van der Waals surface area contributed by atoms with Gasteiger partial charge < -0.3 is 10.1 Å². The summed E-state index contributed by atoms with van der Waals surface area (Å²) in [5.74, 6) is 0.326. The van der Waals surface area contributed by atoms with Gasteiger partial charge in [-0.25, -0.2) is 9.97 Å². The van der Waals surface area contributed by atoms with E-state index in [0.29, 0.717) is 12.3 Å². The molecule has 94 valence electrons. The summed E-state index contributed by atoms with van der Waals surface area (Å²) in [6, 6.07) is 2.03.